The van der Waals surface area contributed by atoms with E-state index in [0.29, 0.717) is 16.4 Å². The van der Waals surface area contributed by atoms with Crippen molar-refractivity contribution in [2.24, 2.45) is 0 Å². The van der Waals surface area contributed by atoms with Crippen molar-refractivity contribution in [3.63, 3.8) is 0 Å². The highest BCUT2D eigenvalue weighted by Gasteiger charge is 2.14. The van der Waals surface area contributed by atoms with E-state index in [0.717, 1.165) is 15.2 Å². The number of fused-ring (bicyclic) bond motifs is 1. The van der Waals surface area contributed by atoms with Crippen molar-refractivity contribution in [2.75, 3.05) is 5.32 Å². The first-order valence-corrected chi connectivity index (χ1v) is 10.1. The van der Waals surface area contributed by atoms with Gasteiger partial charge in [-0.2, -0.15) is 8.78 Å². The van der Waals surface area contributed by atoms with Crippen LogP contribution >= 0.6 is 22.7 Å². The number of carbonyl (C=O) groups is 1. The van der Waals surface area contributed by atoms with Crippen LogP contribution in [-0.2, 0) is 4.79 Å². The Balaban J connectivity index is 1.46. The summed E-state index contributed by atoms with van der Waals surface area (Å²) >= 11 is 2.68. The third kappa shape index (κ3) is 4.64. The van der Waals surface area contributed by atoms with E-state index in [1.165, 1.54) is 34.8 Å². The fraction of sp³-hybridized carbons (Fsp3) is 0.0500. The Bertz CT molecular complexity index is 1150. The topological polar surface area (TPSA) is 64.1 Å². The molecule has 0 spiro atoms. The summed E-state index contributed by atoms with van der Waals surface area (Å²) in [7, 11) is 0. The molecule has 4 aromatic rings. The van der Waals surface area contributed by atoms with Crippen LogP contribution < -0.4 is 10.1 Å². The van der Waals surface area contributed by atoms with Gasteiger partial charge in [-0.05, 0) is 30.3 Å². The van der Waals surface area contributed by atoms with Crippen molar-refractivity contribution in [2.45, 2.75) is 6.61 Å². The number of ether oxygens (including phenoxy) is 1. The second-order valence-electron chi connectivity index (χ2n) is 5.75. The number of hydrogen-bond acceptors (Lipinski definition) is 6. The minimum Gasteiger partial charge on any atom is -0.434 e. The van der Waals surface area contributed by atoms with Gasteiger partial charge in [0, 0.05) is 17.0 Å². The van der Waals surface area contributed by atoms with Gasteiger partial charge in [-0.25, -0.2) is 9.97 Å². The van der Waals surface area contributed by atoms with Gasteiger partial charge in [0.1, 0.15) is 10.8 Å². The van der Waals surface area contributed by atoms with Crippen LogP contribution in [0.4, 0.5) is 13.9 Å². The number of amides is 1. The van der Waals surface area contributed by atoms with Crippen molar-refractivity contribution in [3.05, 3.63) is 65.0 Å². The van der Waals surface area contributed by atoms with Gasteiger partial charge < -0.3 is 4.74 Å². The lowest BCUT2D eigenvalue weighted by Gasteiger charge is -2.08. The molecule has 0 bridgehead atoms. The molecular weight excluding hydrogens is 416 g/mol. The van der Waals surface area contributed by atoms with Crippen molar-refractivity contribution in [1.82, 2.24) is 9.97 Å². The summed E-state index contributed by atoms with van der Waals surface area (Å²) in [4.78, 5) is 20.9. The summed E-state index contributed by atoms with van der Waals surface area (Å²) in [5.74, 6) is -0.330. The summed E-state index contributed by atoms with van der Waals surface area (Å²) in [6.07, 6.45) is 3.02. The minimum atomic E-state index is -2.93. The maximum Gasteiger partial charge on any atom is 0.387 e. The lowest BCUT2D eigenvalue weighted by molar-refractivity contribution is -0.111. The maximum atomic E-state index is 12.6. The van der Waals surface area contributed by atoms with Crippen LogP contribution in [0.3, 0.4) is 0 Å². The molecule has 0 radical (unpaired) electrons. The number of halogens is 2. The molecule has 0 aliphatic carbocycles. The van der Waals surface area contributed by atoms with Gasteiger partial charge in [-0.3, -0.25) is 10.1 Å². The summed E-state index contributed by atoms with van der Waals surface area (Å²) in [6.45, 7) is -2.93. The number of rotatable bonds is 6. The zero-order valence-corrected chi connectivity index (χ0v) is 16.3. The molecule has 2 heterocycles. The van der Waals surface area contributed by atoms with Crippen LogP contribution in [0.15, 0.2) is 60.0 Å². The normalized spacial score (nSPS) is 11.4. The standard InChI is InChI=1S/C20H13F2N3O2S2/c21-19(22)27-15-7-3-1-5-12(15)14-11-28-20(24-14)25-17(26)9-10-18-23-13-6-2-4-8-16(13)29-18/h1-11,19H,(H,24,25,26)/b10-9+. The molecule has 29 heavy (non-hydrogen) atoms. The molecule has 146 valence electrons. The van der Waals surface area contributed by atoms with Crippen molar-refractivity contribution in [3.8, 4) is 17.0 Å². The summed E-state index contributed by atoms with van der Waals surface area (Å²) in [5, 5.41) is 5.41. The Labute approximate surface area is 172 Å². The minimum absolute atomic E-state index is 0.0291. The van der Waals surface area contributed by atoms with Crippen molar-refractivity contribution >= 4 is 50.0 Å². The number of carbonyl (C=O) groups excluding carboxylic acids is 1. The van der Waals surface area contributed by atoms with Crippen LogP contribution in [0.2, 0.25) is 0 Å². The number of anilines is 1. The number of aromatic nitrogens is 2. The van der Waals surface area contributed by atoms with Crippen LogP contribution in [0.5, 0.6) is 5.75 Å². The quantitative estimate of drug-likeness (QED) is 0.401. The summed E-state index contributed by atoms with van der Waals surface area (Å²) < 4.78 is 30.7. The van der Waals surface area contributed by atoms with Crippen LogP contribution in [-0.4, -0.2) is 22.5 Å². The average Bonchev–Trinajstić information content (AvgIpc) is 3.33. The van der Waals surface area contributed by atoms with Gasteiger partial charge in [-0.1, -0.05) is 24.3 Å². The first-order valence-electron chi connectivity index (χ1n) is 8.43. The highest BCUT2D eigenvalue weighted by molar-refractivity contribution is 7.19. The molecule has 0 aliphatic rings. The van der Waals surface area contributed by atoms with Crippen molar-refractivity contribution < 1.29 is 18.3 Å². The van der Waals surface area contributed by atoms with Gasteiger partial charge in [0.05, 0.1) is 15.9 Å². The predicted molar refractivity (Wildman–Crippen MR) is 111 cm³/mol. The second kappa shape index (κ2) is 8.46. The second-order valence-corrected chi connectivity index (χ2v) is 7.68. The number of thiazole rings is 2. The number of nitrogens with zero attached hydrogens (tertiary/aromatic N) is 2. The Hall–Kier alpha value is -3.17. The molecule has 0 unspecified atom stereocenters. The summed E-state index contributed by atoms with van der Waals surface area (Å²) in [6, 6.07) is 14.1. The van der Waals surface area contributed by atoms with Gasteiger partial charge in [0.2, 0.25) is 5.91 Å². The Kier molecular flexibility index (Phi) is 5.59. The van der Waals surface area contributed by atoms with E-state index in [2.05, 4.69) is 20.0 Å². The van der Waals surface area contributed by atoms with E-state index in [1.54, 1.807) is 29.7 Å². The number of hydrogen-bond donors (Lipinski definition) is 1. The van der Waals surface area contributed by atoms with E-state index in [-0.39, 0.29) is 11.7 Å². The molecule has 0 aliphatic heterocycles. The molecule has 4 rings (SSSR count). The van der Waals surface area contributed by atoms with E-state index >= 15 is 0 Å². The Morgan fingerprint density at radius 3 is 2.72 bits per heavy atom. The summed E-state index contributed by atoms with van der Waals surface area (Å²) in [5.41, 5.74) is 1.75. The lowest BCUT2D eigenvalue weighted by atomic mass is 10.1. The number of para-hydroxylation sites is 2. The molecule has 0 atom stereocenters. The predicted octanol–water partition coefficient (Wildman–Crippen LogP) is 5.67. The molecule has 1 N–H and O–H groups in total. The molecule has 1 amide bonds. The van der Waals surface area contributed by atoms with Crippen LogP contribution in [0.25, 0.3) is 27.6 Å². The maximum absolute atomic E-state index is 12.6. The monoisotopic (exact) mass is 429 g/mol. The molecule has 9 heteroatoms. The third-order valence-electron chi connectivity index (χ3n) is 3.80. The highest BCUT2D eigenvalue weighted by atomic mass is 32.1. The fourth-order valence-corrected chi connectivity index (χ4v) is 4.17. The molecule has 0 saturated carbocycles. The zero-order valence-electron chi connectivity index (χ0n) is 14.7. The lowest BCUT2D eigenvalue weighted by Crippen LogP contribution is -2.07. The van der Waals surface area contributed by atoms with E-state index < -0.39 is 6.61 Å². The van der Waals surface area contributed by atoms with Gasteiger partial charge in [0.25, 0.3) is 0 Å². The third-order valence-corrected chi connectivity index (χ3v) is 5.56. The highest BCUT2D eigenvalue weighted by Crippen LogP contribution is 2.33. The van der Waals surface area contributed by atoms with Gasteiger partial charge in [-0.15, -0.1) is 22.7 Å². The molecule has 0 fully saturated rings. The molecule has 0 saturated heterocycles. The smallest absolute Gasteiger partial charge is 0.387 e. The van der Waals surface area contributed by atoms with E-state index in [1.807, 2.05) is 24.3 Å². The SMILES string of the molecule is O=C(/C=C/c1nc2ccccc2s1)Nc1nc(-c2ccccc2OC(F)F)cs1. The van der Waals surface area contributed by atoms with E-state index in [9.17, 15) is 13.6 Å². The molecule has 2 aromatic heterocycles. The van der Waals surface area contributed by atoms with Crippen LogP contribution in [0, 0.1) is 0 Å². The first kappa shape index (κ1) is 19.2. The molecule has 5 nitrogen and oxygen atoms in total. The Morgan fingerprint density at radius 1 is 1.10 bits per heavy atom. The Morgan fingerprint density at radius 2 is 1.90 bits per heavy atom. The number of alkyl halides is 2. The van der Waals surface area contributed by atoms with Gasteiger partial charge in [0.15, 0.2) is 5.13 Å². The number of nitrogens with one attached hydrogen (secondary N) is 1. The first-order chi connectivity index (χ1) is 14.1. The van der Waals surface area contributed by atoms with Crippen molar-refractivity contribution in [1.29, 1.82) is 0 Å². The fourth-order valence-electron chi connectivity index (χ4n) is 2.59. The number of benzene rings is 2. The van der Waals surface area contributed by atoms with Gasteiger partial charge >= 0.3 is 6.61 Å². The van der Waals surface area contributed by atoms with E-state index in [4.69, 9.17) is 0 Å². The average molecular weight is 429 g/mol. The molecular formula is C20H13F2N3O2S2. The zero-order chi connectivity index (χ0) is 20.2. The molecule has 2 aromatic carbocycles. The van der Waals surface area contributed by atoms with Crippen LogP contribution in [0.1, 0.15) is 5.01 Å². The largest absolute Gasteiger partial charge is 0.434 e.